The van der Waals surface area contributed by atoms with E-state index in [0.717, 1.165) is 49.7 Å². The Morgan fingerprint density at radius 1 is 0.810 bits per heavy atom. The first-order chi connectivity index (χ1) is 10.4. The molecule has 21 heavy (non-hydrogen) atoms. The van der Waals surface area contributed by atoms with Crippen molar-refractivity contribution in [3.63, 3.8) is 0 Å². The van der Waals surface area contributed by atoms with Crippen LogP contribution in [0.4, 0.5) is 11.4 Å². The average molecular weight is 284 g/mol. The first-order valence-corrected chi connectivity index (χ1v) is 7.64. The second-order valence-electron chi connectivity index (χ2n) is 4.95. The lowest BCUT2D eigenvalue weighted by atomic mass is 10.3. The summed E-state index contributed by atoms with van der Waals surface area (Å²) in [7, 11) is 0. The second-order valence-corrected chi connectivity index (χ2v) is 4.95. The summed E-state index contributed by atoms with van der Waals surface area (Å²) in [6.07, 6.45) is 2.26. The van der Waals surface area contributed by atoms with Gasteiger partial charge in [0.2, 0.25) is 0 Å². The van der Waals surface area contributed by atoms with E-state index in [9.17, 15) is 0 Å². The number of benzene rings is 2. The molecule has 3 nitrogen and oxygen atoms in total. The van der Waals surface area contributed by atoms with Crippen LogP contribution in [0.5, 0.6) is 5.75 Å². The molecule has 2 aromatic carbocycles. The summed E-state index contributed by atoms with van der Waals surface area (Å²) in [6, 6.07) is 18.4. The highest BCUT2D eigenvalue weighted by Crippen LogP contribution is 2.15. The predicted molar refractivity (Wildman–Crippen MR) is 90.3 cm³/mol. The van der Waals surface area contributed by atoms with Gasteiger partial charge in [-0.3, -0.25) is 0 Å². The summed E-state index contributed by atoms with van der Waals surface area (Å²) in [6.45, 7) is 4.73. The zero-order valence-electron chi connectivity index (χ0n) is 12.6. The highest BCUT2D eigenvalue weighted by Gasteiger charge is 1.95. The van der Waals surface area contributed by atoms with E-state index in [-0.39, 0.29) is 0 Å². The molecule has 0 aliphatic heterocycles. The number of hydrogen-bond acceptors (Lipinski definition) is 3. The Kier molecular flexibility index (Phi) is 6.46. The average Bonchev–Trinajstić information content (AvgIpc) is 2.54. The molecule has 112 valence electrons. The van der Waals surface area contributed by atoms with Crippen LogP contribution >= 0.6 is 0 Å². The largest absolute Gasteiger partial charge is 0.494 e. The molecule has 0 fully saturated rings. The molecule has 0 atom stereocenters. The summed E-state index contributed by atoms with van der Waals surface area (Å²) in [5, 5.41) is 6.76. The molecule has 2 rings (SSSR count). The molecule has 0 aromatic heterocycles. The van der Waals surface area contributed by atoms with Crippen LogP contribution in [0.25, 0.3) is 0 Å². The van der Waals surface area contributed by atoms with Gasteiger partial charge >= 0.3 is 0 Å². The van der Waals surface area contributed by atoms with Crippen LogP contribution < -0.4 is 15.4 Å². The summed E-state index contributed by atoms with van der Waals surface area (Å²) in [4.78, 5) is 0. The SMILES string of the molecule is CCCCOc1ccc(NCCNc2ccccc2)cc1. The number of anilines is 2. The first kappa shape index (κ1) is 15.2. The molecular weight excluding hydrogens is 260 g/mol. The second kappa shape index (κ2) is 8.90. The zero-order chi connectivity index (χ0) is 14.8. The standard InChI is InChI=1S/C18H24N2O/c1-2-3-15-21-18-11-9-17(10-12-18)20-14-13-19-16-7-5-4-6-8-16/h4-12,19-20H,2-3,13-15H2,1H3. The third-order valence-corrected chi connectivity index (χ3v) is 3.18. The number of hydrogen-bond donors (Lipinski definition) is 2. The van der Waals surface area contributed by atoms with Gasteiger partial charge < -0.3 is 15.4 Å². The van der Waals surface area contributed by atoms with Crippen molar-refractivity contribution in [3.8, 4) is 5.75 Å². The van der Waals surface area contributed by atoms with E-state index in [1.54, 1.807) is 0 Å². The third-order valence-electron chi connectivity index (χ3n) is 3.18. The normalized spacial score (nSPS) is 10.1. The van der Waals surface area contributed by atoms with Gasteiger partial charge in [0.25, 0.3) is 0 Å². The molecule has 0 saturated heterocycles. The van der Waals surface area contributed by atoms with E-state index in [1.807, 2.05) is 30.3 Å². The molecule has 0 radical (unpaired) electrons. The lowest BCUT2D eigenvalue weighted by Crippen LogP contribution is -2.13. The van der Waals surface area contributed by atoms with E-state index in [0.29, 0.717) is 0 Å². The van der Waals surface area contributed by atoms with Gasteiger partial charge in [0.05, 0.1) is 6.61 Å². The van der Waals surface area contributed by atoms with Crippen molar-refractivity contribution in [2.24, 2.45) is 0 Å². The number of unbranched alkanes of at least 4 members (excludes halogenated alkanes) is 1. The Morgan fingerprint density at radius 2 is 1.43 bits per heavy atom. The van der Waals surface area contributed by atoms with E-state index in [4.69, 9.17) is 4.74 Å². The van der Waals surface area contributed by atoms with Gasteiger partial charge in [0, 0.05) is 24.5 Å². The van der Waals surface area contributed by atoms with E-state index < -0.39 is 0 Å². The maximum absolute atomic E-state index is 5.64. The van der Waals surface area contributed by atoms with Gasteiger partial charge in [-0.1, -0.05) is 31.5 Å². The quantitative estimate of drug-likeness (QED) is 0.670. The van der Waals surface area contributed by atoms with Crippen LogP contribution in [0.2, 0.25) is 0 Å². The van der Waals surface area contributed by atoms with Crippen molar-refractivity contribution in [3.05, 3.63) is 54.6 Å². The fraction of sp³-hybridized carbons (Fsp3) is 0.333. The van der Waals surface area contributed by atoms with Crippen molar-refractivity contribution in [2.75, 3.05) is 30.3 Å². The van der Waals surface area contributed by atoms with E-state index in [1.165, 1.54) is 0 Å². The molecule has 3 heteroatoms. The first-order valence-electron chi connectivity index (χ1n) is 7.64. The molecule has 0 unspecified atom stereocenters. The molecule has 2 aromatic rings. The molecular formula is C18H24N2O. The molecule has 0 saturated carbocycles. The van der Waals surface area contributed by atoms with Crippen molar-refractivity contribution in [1.82, 2.24) is 0 Å². The minimum Gasteiger partial charge on any atom is -0.494 e. The van der Waals surface area contributed by atoms with Gasteiger partial charge in [-0.25, -0.2) is 0 Å². The van der Waals surface area contributed by atoms with Crippen LogP contribution in [-0.4, -0.2) is 19.7 Å². The van der Waals surface area contributed by atoms with E-state index >= 15 is 0 Å². The Morgan fingerprint density at radius 3 is 2.05 bits per heavy atom. The fourth-order valence-electron chi connectivity index (χ4n) is 1.97. The Balaban J connectivity index is 1.66. The molecule has 2 N–H and O–H groups in total. The number of nitrogens with one attached hydrogen (secondary N) is 2. The van der Waals surface area contributed by atoms with Gasteiger partial charge in [-0.2, -0.15) is 0 Å². The molecule has 0 bridgehead atoms. The van der Waals surface area contributed by atoms with Crippen molar-refractivity contribution in [1.29, 1.82) is 0 Å². The Labute approximate surface area is 127 Å². The van der Waals surface area contributed by atoms with Crippen molar-refractivity contribution < 1.29 is 4.74 Å². The van der Waals surface area contributed by atoms with Crippen molar-refractivity contribution in [2.45, 2.75) is 19.8 Å². The van der Waals surface area contributed by atoms with Crippen LogP contribution in [-0.2, 0) is 0 Å². The Bertz CT molecular complexity index is 496. The topological polar surface area (TPSA) is 33.3 Å². The summed E-state index contributed by atoms with van der Waals surface area (Å²) < 4.78 is 5.64. The van der Waals surface area contributed by atoms with Crippen LogP contribution in [0.1, 0.15) is 19.8 Å². The monoisotopic (exact) mass is 284 g/mol. The van der Waals surface area contributed by atoms with Gasteiger partial charge in [-0.15, -0.1) is 0 Å². The van der Waals surface area contributed by atoms with Crippen LogP contribution in [0.15, 0.2) is 54.6 Å². The molecule has 0 spiro atoms. The maximum atomic E-state index is 5.64. The zero-order valence-corrected chi connectivity index (χ0v) is 12.6. The van der Waals surface area contributed by atoms with Crippen LogP contribution in [0.3, 0.4) is 0 Å². The lowest BCUT2D eigenvalue weighted by Gasteiger charge is -2.10. The molecule has 0 heterocycles. The highest BCUT2D eigenvalue weighted by molar-refractivity contribution is 5.47. The lowest BCUT2D eigenvalue weighted by molar-refractivity contribution is 0.309. The minimum atomic E-state index is 0.796. The summed E-state index contributed by atoms with van der Waals surface area (Å²) >= 11 is 0. The number of rotatable bonds is 9. The number of para-hydroxylation sites is 1. The molecule has 0 aliphatic rings. The van der Waals surface area contributed by atoms with Crippen LogP contribution in [0, 0.1) is 0 Å². The van der Waals surface area contributed by atoms with Crippen molar-refractivity contribution >= 4 is 11.4 Å². The maximum Gasteiger partial charge on any atom is 0.119 e. The van der Waals surface area contributed by atoms with Gasteiger partial charge in [-0.05, 0) is 42.8 Å². The predicted octanol–water partition coefficient (Wildman–Crippen LogP) is 4.39. The van der Waals surface area contributed by atoms with E-state index in [2.05, 4.69) is 41.8 Å². The Hall–Kier alpha value is -2.16. The fourth-order valence-corrected chi connectivity index (χ4v) is 1.97. The number of ether oxygens (including phenoxy) is 1. The third kappa shape index (κ3) is 5.78. The highest BCUT2D eigenvalue weighted by atomic mass is 16.5. The smallest absolute Gasteiger partial charge is 0.119 e. The summed E-state index contributed by atoms with van der Waals surface area (Å²) in [5.74, 6) is 0.941. The van der Waals surface area contributed by atoms with Gasteiger partial charge in [0.1, 0.15) is 5.75 Å². The van der Waals surface area contributed by atoms with Gasteiger partial charge in [0.15, 0.2) is 0 Å². The molecule has 0 amide bonds. The molecule has 0 aliphatic carbocycles. The summed E-state index contributed by atoms with van der Waals surface area (Å²) in [5.41, 5.74) is 2.27. The minimum absolute atomic E-state index is 0.796.